The summed E-state index contributed by atoms with van der Waals surface area (Å²) in [5, 5.41) is 22.5. The zero-order valence-corrected chi connectivity index (χ0v) is 10.2. The van der Waals surface area contributed by atoms with E-state index in [1.54, 1.807) is 0 Å². The number of β-amino-alcohol motifs (C(OH)–C–C–N with tert-alkyl or cyclic N) is 2. The van der Waals surface area contributed by atoms with Gasteiger partial charge in [0.1, 0.15) is 12.3 Å². The fourth-order valence-electron chi connectivity index (χ4n) is 1.27. The Morgan fingerprint density at radius 2 is 1.06 bits per heavy atom. The van der Waals surface area contributed by atoms with Crippen LogP contribution in [-0.2, 0) is 0 Å². The predicted molar refractivity (Wildman–Crippen MR) is 62.0 cm³/mol. The highest BCUT2D eigenvalue weighted by Gasteiger charge is 2.23. The summed E-state index contributed by atoms with van der Waals surface area (Å²) in [7, 11) is 0. The largest absolute Gasteiger partial charge is 0.389 e. The highest BCUT2D eigenvalue weighted by atomic mass is 35.5. The van der Waals surface area contributed by atoms with Gasteiger partial charge < -0.3 is 20.8 Å². The number of rotatable bonds is 0. The Balaban J connectivity index is 0. The lowest BCUT2D eigenvalue weighted by Gasteiger charge is -1.98. The Kier molecular flexibility index (Phi) is 10.9. The Bertz CT molecular complexity index is 148. The summed E-state index contributed by atoms with van der Waals surface area (Å²) >= 11 is 0. The summed E-state index contributed by atoms with van der Waals surface area (Å²) < 4.78 is 24.0. The van der Waals surface area contributed by atoms with Gasteiger partial charge in [-0.1, -0.05) is 0 Å². The average Bonchev–Trinajstić information content (AvgIpc) is 2.67. The average molecular weight is 283 g/mol. The van der Waals surface area contributed by atoms with Crippen LogP contribution in [-0.4, -0.2) is 60.9 Å². The van der Waals surface area contributed by atoms with E-state index in [1.807, 2.05) is 0 Å². The van der Waals surface area contributed by atoms with Crippen LogP contribution in [0.3, 0.4) is 0 Å². The van der Waals surface area contributed by atoms with E-state index in [2.05, 4.69) is 10.6 Å². The van der Waals surface area contributed by atoms with Gasteiger partial charge in [0.05, 0.1) is 12.2 Å². The molecule has 8 heteroatoms. The molecule has 0 aromatic heterocycles. The smallest absolute Gasteiger partial charge is 0.139 e. The van der Waals surface area contributed by atoms with Gasteiger partial charge in [0.2, 0.25) is 0 Å². The van der Waals surface area contributed by atoms with E-state index in [-0.39, 0.29) is 24.8 Å². The van der Waals surface area contributed by atoms with E-state index in [0.29, 0.717) is 26.2 Å². The van der Waals surface area contributed by atoms with Crippen LogP contribution >= 0.6 is 24.8 Å². The molecule has 0 radical (unpaired) electrons. The van der Waals surface area contributed by atoms with Crippen LogP contribution in [0.5, 0.6) is 0 Å². The molecule has 0 saturated carbocycles. The summed E-state index contributed by atoms with van der Waals surface area (Å²) in [5.74, 6) is 0. The number of aliphatic hydroxyl groups excluding tert-OH is 2. The maximum absolute atomic E-state index is 12.0. The summed E-state index contributed by atoms with van der Waals surface area (Å²) in [6.07, 6.45) is -3.61. The minimum Gasteiger partial charge on any atom is -0.389 e. The van der Waals surface area contributed by atoms with Gasteiger partial charge in [0.15, 0.2) is 0 Å². The molecule has 4 nitrogen and oxygen atoms in total. The normalized spacial score (nSPS) is 36.8. The summed E-state index contributed by atoms with van der Waals surface area (Å²) in [5.41, 5.74) is 0. The zero-order chi connectivity index (χ0) is 10.6. The van der Waals surface area contributed by atoms with Crippen molar-refractivity contribution in [2.45, 2.75) is 24.6 Å². The van der Waals surface area contributed by atoms with Gasteiger partial charge in [-0.2, -0.15) is 0 Å². The third-order valence-corrected chi connectivity index (χ3v) is 2.22. The van der Waals surface area contributed by atoms with Gasteiger partial charge in [-0.05, 0) is 0 Å². The van der Waals surface area contributed by atoms with Crippen LogP contribution in [0.4, 0.5) is 8.78 Å². The molecule has 4 N–H and O–H groups in total. The quantitative estimate of drug-likeness (QED) is 0.480. The third kappa shape index (κ3) is 6.12. The third-order valence-electron chi connectivity index (χ3n) is 2.22. The molecule has 0 bridgehead atoms. The Morgan fingerprint density at radius 3 is 1.12 bits per heavy atom. The molecule has 2 rings (SSSR count). The molecule has 0 aliphatic carbocycles. The van der Waals surface area contributed by atoms with Crippen molar-refractivity contribution >= 4 is 24.8 Å². The van der Waals surface area contributed by atoms with E-state index in [1.165, 1.54) is 0 Å². The van der Waals surface area contributed by atoms with E-state index >= 15 is 0 Å². The molecule has 0 amide bonds. The second-order valence-electron chi connectivity index (χ2n) is 3.48. The molecule has 2 fully saturated rings. The fraction of sp³-hybridized carbons (Fsp3) is 1.00. The van der Waals surface area contributed by atoms with Gasteiger partial charge in [-0.25, -0.2) is 8.78 Å². The molecule has 4 atom stereocenters. The van der Waals surface area contributed by atoms with Gasteiger partial charge in [-0.3, -0.25) is 0 Å². The first kappa shape index (κ1) is 18.6. The van der Waals surface area contributed by atoms with Crippen LogP contribution in [0.2, 0.25) is 0 Å². The van der Waals surface area contributed by atoms with E-state index in [4.69, 9.17) is 10.2 Å². The number of aliphatic hydroxyl groups is 2. The molecule has 2 aliphatic heterocycles. The van der Waals surface area contributed by atoms with E-state index in [9.17, 15) is 8.78 Å². The first-order valence-corrected chi connectivity index (χ1v) is 4.67. The van der Waals surface area contributed by atoms with Crippen LogP contribution in [0.25, 0.3) is 0 Å². The van der Waals surface area contributed by atoms with Gasteiger partial charge in [0.25, 0.3) is 0 Å². The van der Waals surface area contributed by atoms with Crippen molar-refractivity contribution in [3.8, 4) is 0 Å². The van der Waals surface area contributed by atoms with Crippen LogP contribution in [0.15, 0.2) is 0 Å². The molecule has 0 unspecified atom stereocenters. The van der Waals surface area contributed by atoms with Crippen molar-refractivity contribution < 1.29 is 19.0 Å². The molecule has 2 heterocycles. The molecule has 0 spiro atoms. The summed E-state index contributed by atoms with van der Waals surface area (Å²) in [6.45, 7) is 1.42. The Labute approximate surface area is 106 Å². The van der Waals surface area contributed by atoms with Crippen molar-refractivity contribution in [3.05, 3.63) is 0 Å². The van der Waals surface area contributed by atoms with Crippen molar-refractivity contribution in [1.82, 2.24) is 10.6 Å². The Morgan fingerprint density at radius 1 is 0.750 bits per heavy atom. The molecular weight excluding hydrogens is 265 g/mol. The monoisotopic (exact) mass is 282 g/mol. The van der Waals surface area contributed by atoms with Crippen LogP contribution < -0.4 is 10.6 Å². The number of hydrogen-bond donors (Lipinski definition) is 4. The van der Waals surface area contributed by atoms with Crippen LogP contribution in [0, 0.1) is 0 Å². The minimum atomic E-state index is -1.04. The second-order valence-corrected chi connectivity index (χ2v) is 3.48. The van der Waals surface area contributed by atoms with Gasteiger partial charge in [0, 0.05) is 26.2 Å². The number of halogens is 4. The topological polar surface area (TPSA) is 64.5 Å². The lowest BCUT2D eigenvalue weighted by molar-refractivity contribution is 0.117. The molecule has 16 heavy (non-hydrogen) atoms. The number of nitrogens with one attached hydrogen (secondary N) is 2. The summed E-state index contributed by atoms with van der Waals surface area (Å²) in [4.78, 5) is 0. The molecule has 2 saturated heterocycles. The van der Waals surface area contributed by atoms with Gasteiger partial charge >= 0.3 is 0 Å². The van der Waals surface area contributed by atoms with E-state index < -0.39 is 24.6 Å². The first-order valence-electron chi connectivity index (χ1n) is 4.67. The number of hydrogen-bond acceptors (Lipinski definition) is 4. The predicted octanol–water partition coefficient (Wildman–Crippen LogP) is -0.579. The molecule has 0 aromatic carbocycles. The Hall–Kier alpha value is 0.280. The highest BCUT2D eigenvalue weighted by Crippen LogP contribution is 2.02. The maximum atomic E-state index is 12.0. The van der Waals surface area contributed by atoms with Gasteiger partial charge in [-0.15, -0.1) is 24.8 Å². The fourth-order valence-corrected chi connectivity index (χ4v) is 1.27. The van der Waals surface area contributed by atoms with Crippen molar-refractivity contribution in [2.24, 2.45) is 0 Å². The maximum Gasteiger partial charge on any atom is 0.139 e. The molecule has 100 valence electrons. The SMILES string of the molecule is Cl.Cl.O[C@@H]1CNC[C@H]1F.O[C@H]1CNC[C@@H]1F. The molecule has 2 aliphatic rings. The van der Waals surface area contributed by atoms with Crippen molar-refractivity contribution in [1.29, 1.82) is 0 Å². The molecule has 0 aromatic rings. The summed E-state index contributed by atoms with van der Waals surface area (Å²) in [6, 6.07) is 0. The molecular formula is C8H18Cl2F2N2O2. The second kappa shape index (κ2) is 9.32. The van der Waals surface area contributed by atoms with Crippen molar-refractivity contribution in [2.75, 3.05) is 26.2 Å². The van der Waals surface area contributed by atoms with E-state index in [0.717, 1.165) is 0 Å². The standard InChI is InChI=1S/2C4H8FNO.2ClH/c2*5-3-1-6-2-4(3)7;;/h2*3-4,6-7H,1-2H2;2*1H/t2*3-,4-;;/m10../s1. The lowest BCUT2D eigenvalue weighted by Crippen LogP contribution is -2.17. The minimum absolute atomic E-state index is 0. The lowest BCUT2D eigenvalue weighted by atomic mass is 10.3. The van der Waals surface area contributed by atoms with Crippen LogP contribution in [0.1, 0.15) is 0 Å². The first-order chi connectivity index (χ1) is 6.61. The zero-order valence-electron chi connectivity index (χ0n) is 8.60. The number of alkyl halides is 2. The van der Waals surface area contributed by atoms with Crippen molar-refractivity contribution in [3.63, 3.8) is 0 Å². The highest BCUT2D eigenvalue weighted by molar-refractivity contribution is 5.85.